The van der Waals surface area contributed by atoms with Crippen LogP contribution in [-0.4, -0.2) is 27.7 Å². The van der Waals surface area contributed by atoms with Gasteiger partial charge in [0.05, 0.1) is 6.04 Å². The molecule has 1 aliphatic heterocycles. The molecule has 1 unspecified atom stereocenters. The second kappa shape index (κ2) is 3.69. The minimum Gasteiger partial charge on any atom is -0.307 e. The van der Waals surface area contributed by atoms with Crippen LogP contribution in [0.25, 0.3) is 0 Å². The van der Waals surface area contributed by atoms with Gasteiger partial charge < -0.3 is 9.88 Å². The molecule has 1 aliphatic rings. The lowest BCUT2D eigenvalue weighted by atomic mass is 10.2. The van der Waals surface area contributed by atoms with E-state index in [1.54, 1.807) is 6.92 Å². The highest BCUT2D eigenvalue weighted by molar-refractivity contribution is 5.08. The molecule has 0 amide bonds. The Labute approximate surface area is 88.7 Å². The van der Waals surface area contributed by atoms with E-state index < -0.39 is 18.2 Å². The molecule has 0 saturated heterocycles. The van der Waals surface area contributed by atoms with Crippen molar-refractivity contribution in [2.75, 3.05) is 6.54 Å². The van der Waals surface area contributed by atoms with Gasteiger partial charge in [-0.1, -0.05) is 0 Å². The second-order valence-corrected chi connectivity index (χ2v) is 3.63. The first-order chi connectivity index (χ1) is 7.44. The van der Waals surface area contributed by atoms with E-state index in [1.807, 2.05) is 0 Å². The number of alkyl halides is 4. The van der Waals surface area contributed by atoms with Crippen LogP contribution in [-0.2, 0) is 12.5 Å². The second-order valence-electron chi connectivity index (χ2n) is 3.63. The Kier molecular flexibility index (Phi) is 2.61. The van der Waals surface area contributed by atoms with Gasteiger partial charge in [0.2, 0.25) is 5.82 Å². The molecule has 1 aromatic heterocycles. The lowest BCUT2D eigenvalue weighted by Gasteiger charge is -2.23. The molecule has 2 heterocycles. The Hall–Kier alpha value is -1.18. The lowest BCUT2D eigenvalue weighted by molar-refractivity contribution is -0.143. The summed E-state index contributed by atoms with van der Waals surface area (Å²) in [5.41, 5.74) is 0. The van der Waals surface area contributed by atoms with Crippen LogP contribution in [0.3, 0.4) is 0 Å². The summed E-state index contributed by atoms with van der Waals surface area (Å²) in [5.74, 6) is -4.94. The molecule has 0 fully saturated rings. The van der Waals surface area contributed by atoms with E-state index in [2.05, 4.69) is 15.5 Å². The number of hydrogen-bond donors (Lipinski definition) is 1. The summed E-state index contributed by atoms with van der Waals surface area (Å²) in [6.45, 7) is 2.31. The zero-order chi connectivity index (χ0) is 11.9. The van der Waals surface area contributed by atoms with Crippen molar-refractivity contribution in [3.63, 3.8) is 0 Å². The van der Waals surface area contributed by atoms with Gasteiger partial charge in [-0.05, 0) is 6.92 Å². The maximum absolute atomic E-state index is 13.1. The average Bonchev–Trinajstić information content (AvgIpc) is 2.63. The maximum Gasteiger partial charge on any atom is 0.365 e. The molecule has 2 rings (SSSR count). The molecule has 0 aromatic carbocycles. The molecule has 16 heavy (non-hydrogen) atoms. The molecule has 8 heteroatoms. The van der Waals surface area contributed by atoms with Crippen LogP contribution in [0.15, 0.2) is 0 Å². The summed E-state index contributed by atoms with van der Waals surface area (Å²) in [6.07, 6.45) is -3.77. The van der Waals surface area contributed by atoms with Crippen LogP contribution < -0.4 is 5.32 Å². The third-order valence-electron chi connectivity index (χ3n) is 2.52. The van der Waals surface area contributed by atoms with Crippen LogP contribution in [0, 0.1) is 0 Å². The highest BCUT2D eigenvalue weighted by Gasteiger charge is 2.48. The summed E-state index contributed by atoms with van der Waals surface area (Å²) in [5, 5.41) is 9.68. The van der Waals surface area contributed by atoms with Crippen molar-refractivity contribution in [3.05, 3.63) is 11.6 Å². The van der Waals surface area contributed by atoms with E-state index in [9.17, 15) is 17.6 Å². The normalized spacial score (nSPS) is 21.2. The monoisotopic (exact) mass is 238 g/mol. The molecule has 0 saturated carbocycles. The molecule has 1 aromatic rings. The van der Waals surface area contributed by atoms with E-state index in [0.29, 0.717) is 6.54 Å². The number of nitrogens with zero attached hydrogens (tertiary/aromatic N) is 3. The van der Waals surface area contributed by atoms with Crippen molar-refractivity contribution < 1.29 is 17.6 Å². The number of fused-ring (bicyclic) bond motifs is 1. The van der Waals surface area contributed by atoms with E-state index in [4.69, 9.17) is 0 Å². The van der Waals surface area contributed by atoms with Gasteiger partial charge in [0.15, 0.2) is 0 Å². The predicted octanol–water partition coefficient (Wildman–Crippen LogP) is 1.30. The zero-order valence-electron chi connectivity index (χ0n) is 8.42. The lowest BCUT2D eigenvalue weighted by Crippen LogP contribution is -2.36. The van der Waals surface area contributed by atoms with Gasteiger partial charge in [-0.25, -0.2) is 8.78 Å². The smallest absolute Gasteiger partial charge is 0.307 e. The van der Waals surface area contributed by atoms with Gasteiger partial charge in [-0.15, -0.1) is 10.2 Å². The van der Waals surface area contributed by atoms with Gasteiger partial charge in [0, 0.05) is 13.1 Å². The summed E-state index contributed by atoms with van der Waals surface area (Å²) in [4.78, 5) is 0. The third kappa shape index (κ3) is 1.57. The third-order valence-corrected chi connectivity index (χ3v) is 2.52. The van der Waals surface area contributed by atoms with E-state index >= 15 is 0 Å². The Morgan fingerprint density at radius 1 is 1.44 bits per heavy atom. The first-order valence-corrected chi connectivity index (χ1v) is 4.77. The summed E-state index contributed by atoms with van der Waals surface area (Å²) in [6, 6.07) is -0.261. The number of nitrogens with one attached hydrogen (secondary N) is 1. The molecule has 0 bridgehead atoms. The summed E-state index contributed by atoms with van der Waals surface area (Å²) >= 11 is 0. The molecule has 1 atom stereocenters. The van der Waals surface area contributed by atoms with Crippen LogP contribution in [0.1, 0.15) is 24.6 Å². The number of halogens is 4. The quantitative estimate of drug-likeness (QED) is 0.790. The first kappa shape index (κ1) is 11.3. The van der Waals surface area contributed by atoms with Gasteiger partial charge in [-0.2, -0.15) is 8.78 Å². The maximum atomic E-state index is 13.1. The van der Waals surface area contributed by atoms with Crippen molar-refractivity contribution >= 4 is 0 Å². The van der Waals surface area contributed by atoms with Crippen LogP contribution in [0.4, 0.5) is 17.6 Å². The molecule has 0 aliphatic carbocycles. The summed E-state index contributed by atoms with van der Waals surface area (Å²) in [7, 11) is 0. The molecular weight excluding hydrogens is 228 g/mol. The van der Waals surface area contributed by atoms with Crippen molar-refractivity contribution in [1.82, 2.24) is 20.1 Å². The Morgan fingerprint density at radius 3 is 2.75 bits per heavy atom. The average molecular weight is 238 g/mol. The predicted molar refractivity (Wildman–Crippen MR) is 46.3 cm³/mol. The van der Waals surface area contributed by atoms with Gasteiger partial charge in [0.25, 0.3) is 0 Å². The Balaban J connectivity index is 2.44. The minimum absolute atomic E-state index is 0.171. The van der Waals surface area contributed by atoms with E-state index in [1.165, 1.54) is 0 Å². The van der Waals surface area contributed by atoms with Crippen molar-refractivity contribution in [1.29, 1.82) is 0 Å². The molecule has 1 N–H and O–H groups in total. The zero-order valence-corrected chi connectivity index (χ0v) is 8.42. The molecule has 0 spiro atoms. The fourth-order valence-corrected chi connectivity index (χ4v) is 1.68. The Morgan fingerprint density at radius 2 is 2.12 bits per heavy atom. The van der Waals surface area contributed by atoms with Crippen molar-refractivity contribution in [2.24, 2.45) is 0 Å². The number of rotatable bonds is 2. The fraction of sp³-hybridized carbons (Fsp3) is 0.750. The van der Waals surface area contributed by atoms with Crippen LogP contribution in [0.2, 0.25) is 0 Å². The highest BCUT2D eigenvalue weighted by Crippen LogP contribution is 2.34. The van der Waals surface area contributed by atoms with E-state index in [0.717, 1.165) is 4.57 Å². The number of aromatic nitrogens is 3. The SMILES string of the molecule is CC1NCCn2c1nnc2C(F)(F)C(F)F. The number of hydrogen-bond acceptors (Lipinski definition) is 3. The van der Waals surface area contributed by atoms with Crippen LogP contribution >= 0.6 is 0 Å². The standard InChI is InChI=1S/C8H10F4N4/c1-4-5-14-15-7(8(11,12)6(9)10)16(5)3-2-13-4/h4,6,13H,2-3H2,1H3. The highest BCUT2D eigenvalue weighted by atomic mass is 19.3. The minimum atomic E-state index is -4.25. The van der Waals surface area contributed by atoms with Gasteiger partial charge in [0.1, 0.15) is 5.82 Å². The largest absolute Gasteiger partial charge is 0.365 e. The Bertz CT molecular complexity index is 389. The van der Waals surface area contributed by atoms with Gasteiger partial charge in [-0.3, -0.25) is 0 Å². The molecule has 90 valence electrons. The molecular formula is C8H10F4N4. The van der Waals surface area contributed by atoms with Crippen molar-refractivity contribution in [2.45, 2.75) is 31.9 Å². The van der Waals surface area contributed by atoms with Crippen LogP contribution in [0.5, 0.6) is 0 Å². The topological polar surface area (TPSA) is 42.7 Å². The molecule has 0 radical (unpaired) electrons. The first-order valence-electron chi connectivity index (χ1n) is 4.77. The fourth-order valence-electron chi connectivity index (χ4n) is 1.68. The summed E-state index contributed by atoms with van der Waals surface area (Å²) < 4.78 is 51.7. The van der Waals surface area contributed by atoms with E-state index in [-0.39, 0.29) is 18.4 Å². The molecule has 4 nitrogen and oxygen atoms in total. The van der Waals surface area contributed by atoms with Gasteiger partial charge >= 0.3 is 12.3 Å². The van der Waals surface area contributed by atoms with Crippen molar-refractivity contribution in [3.8, 4) is 0 Å².